The molecule has 0 amide bonds. The molecule has 128 valence electrons. The molecule has 0 rings (SSSR count). The van der Waals surface area contributed by atoms with Crippen LogP contribution in [0.2, 0.25) is 0 Å². The van der Waals surface area contributed by atoms with Crippen LogP contribution in [0.25, 0.3) is 0 Å². The molecular formula is C11H14F9I. The van der Waals surface area contributed by atoms with Crippen LogP contribution in [0.5, 0.6) is 0 Å². The van der Waals surface area contributed by atoms with E-state index in [0.29, 0.717) is 19.3 Å². The highest BCUT2D eigenvalue weighted by molar-refractivity contribution is 14.1. The molecule has 0 N–H and O–H groups in total. The molecule has 0 heterocycles. The van der Waals surface area contributed by atoms with Gasteiger partial charge in [0.25, 0.3) is 5.67 Å². The fourth-order valence-electron chi connectivity index (χ4n) is 1.67. The lowest BCUT2D eigenvalue weighted by atomic mass is 9.89. The molecule has 0 aromatic heterocycles. The first-order chi connectivity index (χ1) is 9.20. The molecule has 0 aliphatic heterocycles. The molecule has 21 heavy (non-hydrogen) atoms. The molecule has 0 bridgehead atoms. The summed E-state index contributed by atoms with van der Waals surface area (Å²) in [6.07, 6.45) is -13.4. The summed E-state index contributed by atoms with van der Waals surface area (Å²) in [4.78, 5) is 0. The minimum atomic E-state index is -6.61. The number of halogens is 10. The highest BCUT2D eigenvalue weighted by Gasteiger charge is 2.80. The van der Waals surface area contributed by atoms with Crippen molar-refractivity contribution in [2.45, 2.75) is 66.9 Å². The average molecular weight is 444 g/mol. The Morgan fingerprint density at radius 3 is 1.62 bits per heavy atom. The van der Waals surface area contributed by atoms with Gasteiger partial charge in [-0.15, -0.1) is 0 Å². The fourth-order valence-corrected chi connectivity index (χ4v) is 2.72. The van der Waals surface area contributed by atoms with Gasteiger partial charge >= 0.3 is 18.3 Å². The average Bonchev–Trinajstić information content (AvgIpc) is 2.25. The summed E-state index contributed by atoms with van der Waals surface area (Å²) in [6, 6.07) is 0. The summed E-state index contributed by atoms with van der Waals surface area (Å²) < 4.78 is 112. The van der Waals surface area contributed by atoms with Gasteiger partial charge in [-0.25, -0.2) is 4.39 Å². The third-order valence-electron chi connectivity index (χ3n) is 2.93. The lowest BCUT2D eigenvalue weighted by Crippen LogP contribution is -2.62. The van der Waals surface area contributed by atoms with Crippen LogP contribution in [0.4, 0.5) is 39.5 Å². The second-order valence-corrected chi connectivity index (χ2v) is 6.43. The van der Waals surface area contributed by atoms with Gasteiger partial charge in [-0.1, -0.05) is 48.8 Å². The van der Waals surface area contributed by atoms with Crippen LogP contribution < -0.4 is 0 Å². The van der Waals surface area contributed by atoms with Crippen LogP contribution in [-0.2, 0) is 0 Å². The van der Waals surface area contributed by atoms with Gasteiger partial charge in [0.05, 0.1) is 0 Å². The first-order valence-corrected chi connectivity index (χ1v) is 7.29. The Bertz CT molecular complexity index is 323. The van der Waals surface area contributed by atoms with Gasteiger partial charge in [-0.3, -0.25) is 0 Å². The van der Waals surface area contributed by atoms with E-state index in [1.165, 1.54) is 22.6 Å². The van der Waals surface area contributed by atoms with Gasteiger partial charge in [0.2, 0.25) is 0 Å². The predicted molar refractivity (Wildman–Crippen MR) is 67.5 cm³/mol. The Morgan fingerprint density at radius 1 is 0.810 bits per heavy atom. The Balaban J connectivity index is 5.31. The van der Waals surface area contributed by atoms with Crippen LogP contribution in [0.1, 0.15) is 39.0 Å². The van der Waals surface area contributed by atoms with E-state index >= 15 is 0 Å². The van der Waals surface area contributed by atoms with Crippen molar-refractivity contribution in [3.05, 3.63) is 0 Å². The van der Waals surface area contributed by atoms with Crippen molar-refractivity contribution in [2.24, 2.45) is 0 Å². The van der Waals surface area contributed by atoms with Crippen molar-refractivity contribution in [3.8, 4) is 0 Å². The molecule has 0 aliphatic carbocycles. The zero-order chi connectivity index (χ0) is 17.1. The molecular weight excluding hydrogens is 430 g/mol. The summed E-state index contributed by atoms with van der Waals surface area (Å²) in [5.74, 6) is -6.49. The topological polar surface area (TPSA) is 0 Å². The van der Waals surface area contributed by atoms with Crippen LogP contribution in [0.3, 0.4) is 0 Å². The van der Waals surface area contributed by atoms with Gasteiger partial charge in [0.15, 0.2) is 0 Å². The summed E-state index contributed by atoms with van der Waals surface area (Å²) in [5, 5.41) is 0. The van der Waals surface area contributed by atoms with Crippen molar-refractivity contribution in [1.82, 2.24) is 0 Å². The fraction of sp³-hybridized carbons (Fsp3) is 1.00. The third-order valence-corrected chi connectivity index (χ3v) is 3.99. The zero-order valence-corrected chi connectivity index (χ0v) is 13.1. The second kappa shape index (κ2) is 7.12. The molecule has 0 saturated carbocycles. The van der Waals surface area contributed by atoms with Crippen LogP contribution in [0, 0.1) is 0 Å². The predicted octanol–water partition coefficient (Wildman–Crippen LogP) is 6.23. The highest BCUT2D eigenvalue weighted by Crippen LogP contribution is 2.55. The normalized spacial score (nSPS) is 18.4. The molecule has 2 atom stereocenters. The third kappa shape index (κ3) is 4.78. The minimum Gasteiger partial charge on any atom is -0.227 e. The Kier molecular flexibility index (Phi) is 7.15. The van der Waals surface area contributed by atoms with Gasteiger partial charge in [-0.05, 0) is 6.42 Å². The van der Waals surface area contributed by atoms with E-state index in [2.05, 4.69) is 0 Å². The Morgan fingerprint density at radius 2 is 1.29 bits per heavy atom. The van der Waals surface area contributed by atoms with E-state index in [1.807, 2.05) is 0 Å². The molecule has 0 nitrogen and oxygen atoms in total. The monoisotopic (exact) mass is 444 g/mol. The maximum absolute atomic E-state index is 13.7. The second-order valence-electron chi connectivity index (χ2n) is 4.67. The van der Waals surface area contributed by atoms with Crippen LogP contribution in [0.15, 0.2) is 0 Å². The summed E-state index contributed by atoms with van der Waals surface area (Å²) in [6.45, 7) is 1.77. The van der Waals surface area contributed by atoms with Crippen molar-refractivity contribution in [1.29, 1.82) is 0 Å². The van der Waals surface area contributed by atoms with E-state index < -0.39 is 34.3 Å². The number of rotatable bonds is 7. The molecule has 0 radical (unpaired) electrons. The van der Waals surface area contributed by atoms with Crippen molar-refractivity contribution < 1.29 is 39.5 Å². The number of alkyl halides is 10. The van der Waals surface area contributed by atoms with Crippen LogP contribution in [-0.4, -0.2) is 27.9 Å². The zero-order valence-electron chi connectivity index (χ0n) is 10.9. The van der Waals surface area contributed by atoms with E-state index in [0.717, 1.165) is 0 Å². The van der Waals surface area contributed by atoms with Gasteiger partial charge in [-0.2, -0.15) is 35.1 Å². The molecule has 0 aromatic rings. The smallest absolute Gasteiger partial charge is 0.227 e. The lowest BCUT2D eigenvalue weighted by molar-refractivity contribution is -0.384. The number of unbranched alkanes of at least 4 members (excludes halogenated alkanes) is 2. The van der Waals surface area contributed by atoms with E-state index in [1.54, 1.807) is 6.92 Å². The van der Waals surface area contributed by atoms with Gasteiger partial charge in [0, 0.05) is 10.3 Å². The largest absolute Gasteiger partial charge is 0.457 e. The standard InChI is InChI=1S/C11H14F9I/c1-2-3-4-5-7(21)6-8(12,10(15,16)17)9(13,14)11(18,19)20/h7H,2-6H2,1H3. The van der Waals surface area contributed by atoms with Gasteiger partial charge < -0.3 is 0 Å². The summed E-state index contributed by atoms with van der Waals surface area (Å²) >= 11 is 1.27. The maximum atomic E-state index is 13.7. The molecule has 0 saturated heterocycles. The van der Waals surface area contributed by atoms with E-state index in [-0.39, 0.29) is 6.42 Å². The molecule has 0 spiro atoms. The Labute approximate surface area is 129 Å². The minimum absolute atomic E-state index is 0.0654. The molecule has 0 aliphatic rings. The van der Waals surface area contributed by atoms with Crippen molar-refractivity contribution in [3.63, 3.8) is 0 Å². The molecule has 0 aromatic carbocycles. The summed E-state index contributed by atoms with van der Waals surface area (Å²) in [5.41, 5.74) is -5.63. The van der Waals surface area contributed by atoms with E-state index in [4.69, 9.17) is 0 Å². The van der Waals surface area contributed by atoms with Gasteiger partial charge in [0.1, 0.15) is 0 Å². The first kappa shape index (κ1) is 21.1. The SMILES string of the molecule is CCCCCC(I)CC(F)(C(F)(F)F)C(F)(F)C(F)(F)F. The Hall–Kier alpha value is 0.1000. The maximum Gasteiger partial charge on any atom is 0.457 e. The molecule has 0 fully saturated rings. The van der Waals surface area contributed by atoms with Crippen molar-refractivity contribution >= 4 is 22.6 Å². The molecule has 10 heteroatoms. The van der Waals surface area contributed by atoms with E-state index in [9.17, 15) is 39.5 Å². The molecule has 2 unspecified atom stereocenters. The summed E-state index contributed by atoms with van der Waals surface area (Å²) in [7, 11) is 0. The lowest BCUT2D eigenvalue weighted by Gasteiger charge is -2.37. The van der Waals surface area contributed by atoms with Crippen LogP contribution >= 0.6 is 22.6 Å². The number of hydrogen-bond donors (Lipinski definition) is 0. The quantitative estimate of drug-likeness (QED) is 0.189. The number of hydrogen-bond acceptors (Lipinski definition) is 0. The van der Waals surface area contributed by atoms with Crippen molar-refractivity contribution in [2.75, 3.05) is 0 Å². The highest BCUT2D eigenvalue weighted by atomic mass is 127. The first-order valence-electron chi connectivity index (χ1n) is 6.05.